The summed E-state index contributed by atoms with van der Waals surface area (Å²) >= 11 is 0. The summed E-state index contributed by atoms with van der Waals surface area (Å²) in [6, 6.07) is 3.40. The minimum atomic E-state index is -4.20. The van der Waals surface area contributed by atoms with Gasteiger partial charge in [0.15, 0.2) is 17.7 Å². The maximum atomic E-state index is 13.4. The van der Waals surface area contributed by atoms with Gasteiger partial charge in [0, 0.05) is 12.4 Å². The van der Waals surface area contributed by atoms with E-state index < -0.39 is 45.1 Å². The van der Waals surface area contributed by atoms with E-state index in [1.54, 1.807) is 37.5 Å². The smallest absolute Gasteiger partial charge is 0.412 e. The van der Waals surface area contributed by atoms with Crippen molar-refractivity contribution in [3.05, 3.63) is 54.6 Å². The van der Waals surface area contributed by atoms with Crippen molar-refractivity contribution in [1.29, 1.82) is 0 Å². The Morgan fingerprint density at radius 2 is 2.09 bits per heavy atom. The molecule has 0 aromatic carbocycles. The molecule has 14 heteroatoms. The van der Waals surface area contributed by atoms with Crippen LogP contribution in [0, 0.1) is 6.92 Å². The van der Waals surface area contributed by atoms with E-state index in [4.69, 9.17) is 24.0 Å². The lowest BCUT2D eigenvalue weighted by atomic mass is 10.1. The Morgan fingerprint density at radius 1 is 1.30 bits per heavy atom. The maximum Gasteiger partial charge on any atom is 0.530 e. The van der Waals surface area contributed by atoms with Crippen LogP contribution in [0.4, 0.5) is 5.82 Å². The molecule has 3 aromatic heterocycles. The maximum absolute atomic E-state index is 13.4. The molecule has 5 heterocycles. The Labute approximate surface area is 187 Å². The van der Waals surface area contributed by atoms with Crippen molar-refractivity contribution >= 4 is 24.8 Å². The summed E-state index contributed by atoms with van der Waals surface area (Å²) in [5.74, 6) is 0.566. The van der Waals surface area contributed by atoms with Crippen molar-refractivity contribution in [2.75, 3.05) is 12.3 Å². The zero-order valence-electron chi connectivity index (χ0n) is 17.3. The highest BCUT2D eigenvalue weighted by Gasteiger charge is 2.51. The molecule has 6 atom stereocenters. The molecule has 0 aliphatic carbocycles. The second-order valence-electron chi connectivity index (χ2n) is 7.48. The van der Waals surface area contributed by atoms with Crippen LogP contribution in [0.5, 0.6) is 0 Å². The summed E-state index contributed by atoms with van der Waals surface area (Å²) in [6.45, 7) is 1.15. The number of nitrogens with two attached hydrogens (primary N) is 1. The molecule has 2 aliphatic heterocycles. The van der Waals surface area contributed by atoms with E-state index in [9.17, 15) is 14.8 Å². The summed E-state index contributed by atoms with van der Waals surface area (Å²) in [6.07, 6.45) is 1.89. The third kappa shape index (κ3) is 3.99. The van der Waals surface area contributed by atoms with E-state index in [1.165, 1.54) is 17.2 Å². The molecule has 0 saturated carbocycles. The van der Waals surface area contributed by atoms with Gasteiger partial charge >= 0.3 is 7.82 Å². The Kier molecular flexibility index (Phi) is 5.60. The predicted octanol–water partition coefficient (Wildman–Crippen LogP) is 1.16. The zero-order valence-corrected chi connectivity index (χ0v) is 18.2. The lowest BCUT2D eigenvalue weighted by Crippen LogP contribution is -2.35. The average Bonchev–Trinajstić information content (AvgIpc) is 3.35. The Hall–Kier alpha value is -2.93. The van der Waals surface area contributed by atoms with Crippen LogP contribution in [-0.2, 0) is 22.9 Å². The number of fused-ring (bicyclic) bond motifs is 1. The van der Waals surface area contributed by atoms with Crippen LogP contribution in [-0.4, -0.2) is 59.6 Å². The van der Waals surface area contributed by atoms with Crippen LogP contribution in [0.3, 0.4) is 0 Å². The number of ether oxygens (including phenoxy) is 1. The van der Waals surface area contributed by atoms with Gasteiger partial charge in [-0.2, -0.15) is 0 Å². The second-order valence-corrected chi connectivity index (χ2v) is 9.00. The number of hydrogen-bond donors (Lipinski definition) is 3. The summed E-state index contributed by atoms with van der Waals surface area (Å²) in [5, 5.41) is 20.4. The van der Waals surface area contributed by atoms with E-state index in [2.05, 4.69) is 19.9 Å². The number of phosphoric ester groups is 1. The van der Waals surface area contributed by atoms with Gasteiger partial charge in [0.25, 0.3) is 0 Å². The molecule has 1 fully saturated rings. The second kappa shape index (κ2) is 8.45. The summed E-state index contributed by atoms with van der Waals surface area (Å²) in [5.41, 5.74) is 7.27. The summed E-state index contributed by atoms with van der Waals surface area (Å²) < 4.78 is 37.2. The number of hydrogen-bond acceptors (Lipinski definition) is 12. The molecule has 0 bridgehead atoms. The lowest BCUT2D eigenvalue weighted by Gasteiger charge is -2.29. The van der Waals surface area contributed by atoms with Crippen molar-refractivity contribution < 1.29 is 33.1 Å². The van der Waals surface area contributed by atoms with E-state index in [0.29, 0.717) is 22.6 Å². The van der Waals surface area contributed by atoms with E-state index in [0.717, 1.165) is 0 Å². The SMILES string of the molecule is Cc1nc(N)c2ncn([C@@H]3O[C@H](CO)[C@@H](O)[C@H]3OP3(=O)OC=C[C@H](c4ccncc4)O3)c2n1. The van der Waals surface area contributed by atoms with Crippen LogP contribution < -0.4 is 5.73 Å². The fourth-order valence-corrected chi connectivity index (χ4v) is 5.11. The number of aromatic nitrogens is 5. The molecular weight excluding hydrogens is 455 g/mol. The standard InChI is InChI=1S/C19H21N6O7P/c1-10-23-17(20)14-18(24-10)25(9-22-14)19-16(15(27)13(8-26)30-19)32-33(28)29-7-4-12(31-33)11-2-5-21-6-3-11/h2-7,9,12-13,15-16,19,26-27H,8H2,1H3,(H2,20,23,24)/t12-,13-,15-,16-,19-,33?/m1/s1. The first-order valence-electron chi connectivity index (χ1n) is 10.0. The van der Waals surface area contributed by atoms with E-state index in [1.807, 2.05) is 0 Å². The molecule has 0 spiro atoms. The molecule has 2 aliphatic rings. The Bertz CT molecular complexity index is 1240. The molecule has 3 aromatic rings. The fourth-order valence-electron chi connectivity index (χ4n) is 3.75. The molecule has 13 nitrogen and oxygen atoms in total. The number of aliphatic hydroxyl groups excluding tert-OH is 2. The van der Waals surface area contributed by atoms with Crippen LogP contribution >= 0.6 is 7.82 Å². The normalized spacial score (nSPS) is 31.7. The minimum Gasteiger partial charge on any atom is -0.412 e. The molecule has 174 valence electrons. The first kappa shape index (κ1) is 21.9. The summed E-state index contributed by atoms with van der Waals surface area (Å²) in [4.78, 5) is 16.6. The van der Waals surface area contributed by atoms with Crippen LogP contribution in [0.15, 0.2) is 43.2 Å². The number of nitrogens with zero attached hydrogens (tertiary/aromatic N) is 5. The monoisotopic (exact) mass is 476 g/mol. The van der Waals surface area contributed by atoms with Crippen molar-refractivity contribution in [1.82, 2.24) is 24.5 Å². The highest BCUT2D eigenvalue weighted by Crippen LogP contribution is 2.58. The third-order valence-electron chi connectivity index (χ3n) is 5.30. The molecule has 0 amide bonds. The highest BCUT2D eigenvalue weighted by atomic mass is 31.2. The number of phosphoric acid groups is 1. The van der Waals surface area contributed by atoms with Crippen molar-refractivity contribution in [2.24, 2.45) is 0 Å². The molecule has 33 heavy (non-hydrogen) atoms. The molecule has 5 rings (SSSR count). The van der Waals surface area contributed by atoms with E-state index in [-0.39, 0.29) is 5.82 Å². The third-order valence-corrected chi connectivity index (χ3v) is 6.67. The van der Waals surface area contributed by atoms with E-state index >= 15 is 0 Å². The van der Waals surface area contributed by atoms with Gasteiger partial charge in [0.2, 0.25) is 0 Å². The van der Waals surface area contributed by atoms with Gasteiger partial charge in [0.05, 0.1) is 19.2 Å². The first-order valence-corrected chi connectivity index (χ1v) is 11.5. The van der Waals surface area contributed by atoms with Gasteiger partial charge in [-0.05, 0) is 30.7 Å². The van der Waals surface area contributed by atoms with Crippen LogP contribution in [0.25, 0.3) is 11.2 Å². The molecule has 4 N–H and O–H groups in total. The number of anilines is 1. The van der Waals surface area contributed by atoms with Gasteiger partial charge in [0.1, 0.15) is 35.8 Å². The molecule has 1 saturated heterocycles. The Balaban J connectivity index is 1.47. The van der Waals surface area contributed by atoms with Gasteiger partial charge in [-0.15, -0.1) is 0 Å². The quantitative estimate of drug-likeness (QED) is 0.448. The van der Waals surface area contributed by atoms with Gasteiger partial charge < -0.3 is 25.2 Å². The molecular formula is C19H21N6O7P. The Morgan fingerprint density at radius 3 is 2.85 bits per heavy atom. The number of pyridine rings is 1. The number of aliphatic hydroxyl groups is 2. The first-order chi connectivity index (χ1) is 15.9. The summed E-state index contributed by atoms with van der Waals surface area (Å²) in [7, 11) is -4.20. The van der Waals surface area contributed by atoms with Crippen LogP contribution in [0.2, 0.25) is 0 Å². The van der Waals surface area contributed by atoms with Crippen molar-refractivity contribution in [3.8, 4) is 0 Å². The minimum absolute atomic E-state index is 0.169. The topological polar surface area (TPSA) is 177 Å². The number of aryl methyl sites for hydroxylation is 1. The highest BCUT2D eigenvalue weighted by molar-refractivity contribution is 7.48. The fraction of sp³-hybridized carbons (Fsp3) is 0.368. The molecule has 1 unspecified atom stereocenters. The number of rotatable bonds is 5. The average molecular weight is 476 g/mol. The zero-order chi connectivity index (χ0) is 23.2. The van der Waals surface area contributed by atoms with Crippen LogP contribution in [0.1, 0.15) is 23.7 Å². The van der Waals surface area contributed by atoms with Crippen molar-refractivity contribution in [3.63, 3.8) is 0 Å². The molecule has 0 radical (unpaired) electrons. The largest absolute Gasteiger partial charge is 0.530 e. The van der Waals surface area contributed by atoms with Gasteiger partial charge in [-0.25, -0.2) is 19.5 Å². The number of nitrogen functional groups attached to an aromatic ring is 1. The lowest BCUT2D eigenvalue weighted by molar-refractivity contribution is -0.0525. The predicted molar refractivity (Wildman–Crippen MR) is 112 cm³/mol. The number of imidazole rings is 1. The van der Waals surface area contributed by atoms with Gasteiger partial charge in [-0.1, -0.05) is 0 Å². The van der Waals surface area contributed by atoms with Gasteiger partial charge in [-0.3, -0.25) is 18.6 Å². The van der Waals surface area contributed by atoms with Crippen molar-refractivity contribution in [2.45, 2.75) is 37.6 Å².